The van der Waals surface area contributed by atoms with Gasteiger partial charge in [-0.1, -0.05) is 25.0 Å². The lowest BCUT2D eigenvalue weighted by Gasteiger charge is -2.28. The lowest BCUT2D eigenvalue weighted by atomic mass is 9.78. The Labute approximate surface area is 143 Å². The van der Waals surface area contributed by atoms with Crippen LogP contribution >= 0.6 is 0 Å². The molecule has 0 aliphatic heterocycles. The molecule has 1 saturated carbocycles. The van der Waals surface area contributed by atoms with Crippen molar-refractivity contribution in [2.24, 2.45) is 0 Å². The largest absolute Gasteiger partial charge is 0.497 e. The van der Waals surface area contributed by atoms with Crippen molar-refractivity contribution in [1.29, 1.82) is 0 Å². The van der Waals surface area contributed by atoms with Crippen molar-refractivity contribution >= 4 is 11.7 Å². The Balaban J connectivity index is 1.92. The summed E-state index contributed by atoms with van der Waals surface area (Å²) < 4.78 is 7.08. The molecule has 2 aromatic rings. The Morgan fingerprint density at radius 1 is 1.29 bits per heavy atom. The molecular formula is C19H25N3O2. The smallest absolute Gasteiger partial charge is 0.236 e. The number of ether oxygens (including phenoxy) is 1. The maximum atomic E-state index is 13.2. The standard InChI is InChI=1S/C19H25N3O2/c1-4-22-17(14(2)13-20-22)21-18(23)19(11-5-6-12-19)15-7-9-16(24-3)10-8-15/h7-10,13H,4-6,11-12H2,1-3H3,(H,21,23). The van der Waals surface area contributed by atoms with Crippen LogP contribution in [-0.4, -0.2) is 22.8 Å². The molecule has 1 aromatic heterocycles. The van der Waals surface area contributed by atoms with Crippen molar-refractivity contribution in [3.05, 3.63) is 41.6 Å². The molecule has 0 unspecified atom stereocenters. The van der Waals surface area contributed by atoms with Gasteiger partial charge in [0.2, 0.25) is 5.91 Å². The molecule has 1 fully saturated rings. The molecule has 128 valence electrons. The molecule has 0 bridgehead atoms. The van der Waals surface area contributed by atoms with Crippen molar-refractivity contribution in [2.45, 2.75) is 51.5 Å². The number of aromatic nitrogens is 2. The molecule has 5 heteroatoms. The zero-order chi connectivity index (χ0) is 17.2. The molecule has 1 amide bonds. The predicted octanol–water partition coefficient (Wildman–Crippen LogP) is 3.67. The lowest BCUT2D eigenvalue weighted by Crippen LogP contribution is -2.38. The predicted molar refractivity (Wildman–Crippen MR) is 94.4 cm³/mol. The number of methoxy groups -OCH3 is 1. The van der Waals surface area contributed by atoms with Crippen LogP contribution in [0.3, 0.4) is 0 Å². The van der Waals surface area contributed by atoms with Crippen LogP contribution in [0.2, 0.25) is 0 Å². The van der Waals surface area contributed by atoms with Crippen LogP contribution in [0.4, 0.5) is 5.82 Å². The summed E-state index contributed by atoms with van der Waals surface area (Å²) >= 11 is 0. The normalized spacial score (nSPS) is 16.1. The van der Waals surface area contributed by atoms with E-state index in [2.05, 4.69) is 10.4 Å². The molecule has 1 heterocycles. The second kappa shape index (κ2) is 6.67. The molecule has 0 spiro atoms. The maximum absolute atomic E-state index is 13.2. The first-order chi connectivity index (χ1) is 11.6. The summed E-state index contributed by atoms with van der Waals surface area (Å²) in [5.41, 5.74) is 1.60. The fraction of sp³-hybridized carbons (Fsp3) is 0.474. The SMILES string of the molecule is CCn1ncc(C)c1NC(=O)C1(c2ccc(OC)cc2)CCCC1. The van der Waals surface area contributed by atoms with Crippen LogP contribution in [0.25, 0.3) is 0 Å². The van der Waals surface area contributed by atoms with Crippen LogP contribution in [0, 0.1) is 6.92 Å². The molecule has 1 aliphatic rings. The van der Waals surface area contributed by atoms with Gasteiger partial charge in [-0.25, -0.2) is 4.68 Å². The van der Waals surface area contributed by atoms with Crippen LogP contribution in [0.15, 0.2) is 30.5 Å². The summed E-state index contributed by atoms with van der Waals surface area (Å²) in [6.07, 6.45) is 5.71. The molecule has 1 aromatic carbocycles. The first kappa shape index (κ1) is 16.6. The minimum Gasteiger partial charge on any atom is -0.497 e. The van der Waals surface area contributed by atoms with Crippen LogP contribution in [-0.2, 0) is 16.8 Å². The number of nitrogens with zero attached hydrogens (tertiary/aromatic N) is 2. The Morgan fingerprint density at radius 2 is 1.96 bits per heavy atom. The topological polar surface area (TPSA) is 56.2 Å². The first-order valence-corrected chi connectivity index (χ1v) is 8.59. The van der Waals surface area contributed by atoms with E-state index in [1.807, 2.05) is 42.8 Å². The highest BCUT2D eigenvalue weighted by molar-refractivity contribution is 5.99. The summed E-state index contributed by atoms with van der Waals surface area (Å²) in [6.45, 7) is 4.74. The summed E-state index contributed by atoms with van der Waals surface area (Å²) in [4.78, 5) is 13.2. The highest BCUT2D eigenvalue weighted by Gasteiger charge is 2.43. The number of anilines is 1. The van der Waals surface area contributed by atoms with Gasteiger partial charge in [-0.15, -0.1) is 0 Å². The van der Waals surface area contributed by atoms with E-state index in [4.69, 9.17) is 4.74 Å². The van der Waals surface area contributed by atoms with Gasteiger partial charge in [-0.3, -0.25) is 4.79 Å². The van der Waals surface area contributed by atoms with E-state index in [0.29, 0.717) is 0 Å². The molecule has 1 aliphatic carbocycles. The maximum Gasteiger partial charge on any atom is 0.236 e. The van der Waals surface area contributed by atoms with Gasteiger partial charge in [0, 0.05) is 12.1 Å². The Hall–Kier alpha value is -2.30. The third kappa shape index (κ3) is 2.79. The average Bonchev–Trinajstić information content (AvgIpc) is 3.23. The van der Waals surface area contributed by atoms with Crippen LogP contribution in [0.1, 0.15) is 43.7 Å². The molecule has 0 saturated heterocycles. The van der Waals surface area contributed by atoms with E-state index >= 15 is 0 Å². The highest BCUT2D eigenvalue weighted by Crippen LogP contribution is 2.42. The summed E-state index contributed by atoms with van der Waals surface area (Å²) in [7, 11) is 1.65. The van der Waals surface area contributed by atoms with Gasteiger partial charge in [0.05, 0.1) is 18.7 Å². The van der Waals surface area contributed by atoms with Crippen LogP contribution < -0.4 is 10.1 Å². The molecule has 3 rings (SSSR count). The number of hydrogen-bond donors (Lipinski definition) is 1. The first-order valence-electron chi connectivity index (χ1n) is 8.59. The van der Waals surface area contributed by atoms with E-state index in [9.17, 15) is 4.79 Å². The number of carbonyl (C=O) groups is 1. The average molecular weight is 327 g/mol. The van der Waals surface area contributed by atoms with Gasteiger partial charge < -0.3 is 10.1 Å². The van der Waals surface area contributed by atoms with Gasteiger partial charge >= 0.3 is 0 Å². The van der Waals surface area contributed by atoms with Crippen molar-refractivity contribution in [3.8, 4) is 5.75 Å². The minimum atomic E-state index is -0.457. The van der Waals surface area contributed by atoms with Crippen LogP contribution in [0.5, 0.6) is 5.75 Å². The number of hydrogen-bond acceptors (Lipinski definition) is 3. The summed E-state index contributed by atoms with van der Waals surface area (Å²) in [5.74, 6) is 1.69. The zero-order valence-corrected chi connectivity index (χ0v) is 14.6. The Bertz CT molecular complexity index is 713. The van der Waals surface area contributed by atoms with Crippen molar-refractivity contribution in [2.75, 3.05) is 12.4 Å². The lowest BCUT2D eigenvalue weighted by molar-refractivity contribution is -0.121. The minimum absolute atomic E-state index is 0.0727. The quantitative estimate of drug-likeness (QED) is 0.911. The van der Waals surface area contributed by atoms with E-state index in [1.165, 1.54) is 0 Å². The van der Waals surface area contributed by atoms with Gasteiger partial charge in [0.15, 0.2) is 0 Å². The van der Waals surface area contributed by atoms with Crippen molar-refractivity contribution in [3.63, 3.8) is 0 Å². The fourth-order valence-corrected chi connectivity index (χ4v) is 3.64. The number of amides is 1. The van der Waals surface area contributed by atoms with E-state index in [0.717, 1.165) is 54.9 Å². The molecule has 5 nitrogen and oxygen atoms in total. The monoisotopic (exact) mass is 327 g/mol. The van der Waals surface area contributed by atoms with E-state index in [-0.39, 0.29) is 5.91 Å². The van der Waals surface area contributed by atoms with Gasteiger partial charge in [0.1, 0.15) is 11.6 Å². The van der Waals surface area contributed by atoms with Crippen molar-refractivity contribution < 1.29 is 9.53 Å². The molecule has 0 atom stereocenters. The second-order valence-electron chi connectivity index (χ2n) is 6.46. The Kier molecular flexibility index (Phi) is 4.60. The van der Waals surface area contributed by atoms with Gasteiger partial charge in [-0.2, -0.15) is 5.10 Å². The second-order valence-corrected chi connectivity index (χ2v) is 6.46. The van der Waals surface area contributed by atoms with E-state index < -0.39 is 5.41 Å². The molecule has 1 N–H and O–H groups in total. The van der Waals surface area contributed by atoms with Gasteiger partial charge in [-0.05, 0) is 44.4 Å². The summed E-state index contributed by atoms with van der Waals surface area (Å²) in [5, 5.41) is 7.47. The molecular weight excluding hydrogens is 302 g/mol. The number of aryl methyl sites for hydroxylation is 2. The Morgan fingerprint density at radius 3 is 2.54 bits per heavy atom. The zero-order valence-electron chi connectivity index (χ0n) is 14.6. The van der Waals surface area contributed by atoms with Crippen molar-refractivity contribution in [1.82, 2.24) is 9.78 Å². The van der Waals surface area contributed by atoms with E-state index in [1.54, 1.807) is 13.3 Å². The molecule has 0 radical (unpaired) electrons. The number of carbonyl (C=O) groups excluding carboxylic acids is 1. The number of benzene rings is 1. The number of rotatable bonds is 5. The van der Waals surface area contributed by atoms with Gasteiger partial charge in [0.25, 0.3) is 0 Å². The fourth-order valence-electron chi connectivity index (χ4n) is 3.64. The third-order valence-electron chi connectivity index (χ3n) is 5.09. The third-order valence-corrected chi connectivity index (χ3v) is 5.09. The number of nitrogens with one attached hydrogen (secondary N) is 1. The summed E-state index contributed by atoms with van der Waals surface area (Å²) in [6, 6.07) is 7.91. The molecule has 24 heavy (non-hydrogen) atoms. The highest BCUT2D eigenvalue weighted by atomic mass is 16.5.